The van der Waals surface area contributed by atoms with Crippen LogP contribution in [0.15, 0.2) is 10.7 Å². The van der Waals surface area contributed by atoms with Gasteiger partial charge in [0.25, 0.3) is 0 Å². The third-order valence-electron chi connectivity index (χ3n) is 2.29. The molecule has 0 atom stereocenters. The van der Waals surface area contributed by atoms with Crippen molar-refractivity contribution in [3.05, 3.63) is 27.8 Å². The van der Waals surface area contributed by atoms with E-state index in [2.05, 4.69) is 5.16 Å². The Morgan fingerprint density at radius 2 is 2.12 bits per heavy atom. The second-order valence-corrected chi connectivity index (χ2v) is 3.27. The highest BCUT2D eigenvalue weighted by molar-refractivity contribution is 5.56. The van der Waals surface area contributed by atoms with E-state index in [1.807, 2.05) is 18.7 Å². The van der Waals surface area contributed by atoms with E-state index in [-0.39, 0.29) is 11.4 Å². The van der Waals surface area contributed by atoms with Gasteiger partial charge < -0.3 is 9.42 Å². The lowest BCUT2D eigenvalue weighted by atomic mass is 10.3. The van der Waals surface area contributed by atoms with Gasteiger partial charge in [0.15, 0.2) is 5.69 Å². The summed E-state index contributed by atoms with van der Waals surface area (Å²) >= 11 is 0. The van der Waals surface area contributed by atoms with Gasteiger partial charge in [-0.3, -0.25) is 10.1 Å². The van der Waals surface area contributed by atoms with E-state index in [1.54, 1.807) is 19.2 Å². The summed E-state index contributed by atoms with van der Waals surface area (Å²) in [6, 6.07) is 0. The van der Waals surface area contributed by atoms with Crippen LogP contribution in [-0.2, 0) is 0 Å². The molecular weight excluding hydrogens is 210 g/mol. The monoisotopic (exact) mass is 225 g/mol. The van der Waals surface area contributed by atoms with Crippen LogP contribution < -0.4 is 0 Å². The molecule has 0 bridgehead atoms. The Bertz CT molecular complexity index is 394. The summed E-state index contributed by atoms with van der Waals surface area (Å²) in [6.07, 6.45) is 3.35. The number of aromatic nitrogens is 1. The standard InChI is InChI=1S/C10H15N3O3/c1-4-12(5-2)7-6-9-10(13(14)15)8(3)11-16-9/h6-7H,4-5H2,1-3H3/b7-6+. The molecule has 0 N–H and O–H groups in total. The van der Waals surface area contributed by atoms with Crippen molar-refractivity contribution in [3.63, 3.8) is 0 Å². The van der Waals surface area contributed by atoms with Crippen LogP contribution in [0.3, 0.4) is 0 Å². The molecule has 0 fully saturated rings. The van der Waals surface area contributed by atoms with Crippen LogP contribution in [0.4, 0.5) is 5.69 Å². The largest absolute Gasteiger partial charge is 0.378 e. The first-order valence-electron chi connectivity index (χ1n) is 5.13. The molecule has 6 heteroatoms. The summed E-state index contributed by atoms with van der Waals surface area (Å²) in [5, 5.41) is 14.3. The van der Waals surface area contributed by atoms with Gasteiger partial charge >= 0.3 is 5.69 Å². The van der Waals surface area contributed by atoms with Gasteiger partial charge in [0.05, 0.1) is 4.92 Å². The highest BCUT2D eigenvalue weighted by atomic mass is 16.6. The van der Waals surface area contributed by atoms with Crippen LogP contribution in [0.5, 0.6) is 0 Å². The maximum absolute atomic E-state index is 10.7. The van der Waals surface area contributed by atoms with Gasteiger partial charge in [0, 0.05) is 25.4 Å². The molecule has 0 radical (unpaired) electrons. The molecule has 0 saturated carbocycles. The Hall–Kier alpha value is -1.85. The summed E-state index contributed by atoms with van der Waals surface area (Å²) < 4.78 is 4.89. The van der Waals surface area contributed by atoms with Crippen molar-refractivity contribution in [1.29, 1.82) is 0 Å². The Morgan fingerprint density at radius 1 is 1.50 bits per heavy atom. The number of aryl methyl sites for hydroxylation is 1. The van der Waals surface area contributed by atoms with Crippen LogP contribution in [0, 0.1) is 17.0 Å². The summed E-state index contributed by atoms with van der Waals surface area (Å²) in [5.74, 6) is 0.189. The normalized spacial score (nSPS) is 10.9. The van der Waals surface area contributed by atoms with Crippen molar-refractivity contribution in [2.75, 3.05) is 13.1 Å². The van der Waals surface area contributed by atoms with Gasteiger partial charge in [-0.2, -0.15) is 0 Å². The van der Waals surface area contributed by atoms with E-state index in [1.165, 1.54) is 0 Å². The van der Waals surface area contributed by atoms with Crippen LogP contribution in [0.2, 0.25) is 0 Å². The molecule has 88 valence electrons. The van der Waals surface area contributed by atoms with E-state index < -0.39 is 4.92 Å². The molecule has 0 saturated heterocycles. The second-order valence-electron chi connectivity index (χ2n) is 3.27. The highest BCUT2D eigenvalue weighted by Gasteiger charge is 2.21. The zero-order valence-electron chi connectivity index (χ0n) is 9.64. The lowest BCUT2D eigenvalue weighted by Gasteiger charge is -2.13. The van der Waals surface area contributed by atoms with E-state index >= 15 is 0 Å². The summed E-state index contributed by atoms with van der Waals surface area (Å²) in [5.41, 5.74) is 0.229. The van der Waals surface area contributed by atoms with Gasteiger partial charge in [0.1, 0.15) is 0 Å². The Morgan fingerprint density at radius 3 is 2.62 bits per heavy atom. The number of hydrogen-bond acceptors (Lipinski definition) is 5. The molecule has 16 heavy (non-hydrogen) atoms. The van der Waals surface area contributed by atoms with Crippen LogP contribution >= 0.6 is 0 Å². The molecule has 0 unspecified atom stereocenters. The predicted molar refractivity (Wildman–Crippen MR) is 59.8 cm³/mol. The predicted octanol–water partition coefficient (Wildman–Crippen LogP) is 2.20. The molecule has 0 spiro atoms. The lowest BCUT2D eigenvalue weighted by Crippen LogP contribution is -2.14. The molecule has 1 rings (SSSR count). The SMILES string of the molecule is CCN(/C=C/c1onc(C)c1[N+](=O)[O-])CC. The average molecular weight is 225 g/mol. The second kappa shape index (κ2) is 5.29. The van der Waals surface area contributed by atoms with Crippen molar-refractivity contribution >= 4 is 11.8 Å². The third-order valence-corrected chi connectivity index (χ3v) is 2.29. The Kier molecular flexibility index (Phi) is 4.04. The first-order valence-corrected chi connectivity index (χ1v) is 5.13. The Balaban J connectivity index is 2.93. The van der Waals surface area contributed by atoms with Crippen LogP contribution in [0.1, 0.15) is 25.3 Å². The van der Waals surface area contributed by atoms with Crippen molar-refractivity contribution in [1.82, 2.24) is 10.1 Å². The van der Waals surface area contributed by atoms with E-state index in [9.17, 15) is 10.1 Å². The van der Waals surface area contributed by atoms with Crippen LogP contribution in [0.25, 0.3) is 6.08 Å². The number of hydrogen-bond donors (Lipinski definition) is 0. The Labute approximate surface area is 93.7 Å². The molecule has 6 nitrogen and oxygen atoms in total. The van der Waals surface area contributed by atoms with Crippen molar-refractivity contribution < 1.29 is 9.45 Å². The van der Waals surface area contributed by atoms with Crippen molar-refractivity contribution in [2.24, 2.45) is 0 Å². The molecule has 0 aliphatic heterocycles. The van der Waals surface area contributed by atoms with E-state index in [0.29, 0.717) is 5.69 Å². The summed E-state index contributed by atoms with van der Waals surface area (Å²) in [4.78, 5) is 12.3. The molecule has 0 amide bonds. The fraction of sp³-hybridized carbons (Fsp3) is 0.500. The van der Waals surface area contributed by atoms with Gasteiger partial charge in [-0.25, -0.2) is 0 Å². The van der Waals surface area contributed by atoms with Gasteiger partial charge in [-0.1, -0.05) is 5.16 Å². The number of nitrogens with zero attached hydrogens (tertiary/aromatic N) is 3. The zero-order valence-corrected chi connectivity index (χ0v) is 9.64. The topological polar surface area (TPSA) is 72.4 Å². The number of nitro groups is 1. The smallest absolute Gasteiger partial charge is 0.338 e. The molecule has 0 aliphatic rings. The minimum Gasteiger partial charge on any atom is -0.378 e. The third kappa shape index (κ3) is 2.59. The minimum atomic E-state index is -0.478. The molecule has 1 heterocycles. The molecule has 1 aromatic heterocycles. The molecule has 0 aliphatic carbocycles. The van der Waals surface area contributed by atoms with Crippen molar-refractivity contribution in [3.8, 4) is 0 Å². The quantitative estimate of drug-likeness (QED) is 0.567. The molecular formula is C10H15N3O3. The van der Waals surface area contributed by atoms with Gasteiger partial charge in [-0.05, 0) is 20.8 Å². The van der Waals surface area contributed by atoms with Crippen LogP contribution in [-0.4, -0.2) is 28.1 Å². The number of rotatable bonds is 5. The average Bonchev–Trinajstić information content (AvgIpc) is 2.61. The highest BCUT2D eigenvalue weighted by Crippen LogP contribution is 2.23. The first kappa shape index (κ1) is 12.2. The zero-order chi connectivity index (χ0) is 12.1. The minimum absolute atomic E-state index is 0.0663. The van der Waals surface area contributed by atoms with E-state index in [4.69, 9.17) is 4.52 Å². The van der Waals surface area contributed by atoms with Gasteiger partial charge in [0.2, 0.25) is 5.76 Å². The fourth-order valence-electron chi connectivity index (χ4n) is 1.32. The van der Waals surface area contributed by atoms with Gasteiger partial charge in [-0.15, -0.1) is 0 Å². The summed E-state index contributed by atoms with van der Waals surface area (Å²) in [7, 11) is 0. The summed E-state index contributed by atoms with van der Waals surface area (Å²) in [6.45, 7) is 7.25. The molecule has 1 aromatic rings. The maximum Gasteiger partial charge on any atom is 0.338 e. The molecule has 0 aromatic carbocycles. The van der Waals surface area contributed by atoms with E-state index in [0.717, 1.165) is 13.1 Å². The first-order chi connectivity index (χ1) is 7.60. The van der Waals surface area contributed by atoms with Crippen molar-refractivity contribution in [2.45, 2.75) is 20.8 Å². The lowest BCUT2D eigenvalue weighted by molar-refractivity contribution is -0.386. The maximum atomic E-state index is 10.7. The fourth-order valence-corrected chi connectivity index (χ4v) is 1.32.